The lowest BCUT2D eigenvalue weighted by Gasteiger charge is -2.24. The van der Waals surface area contributed by atoms with Gasteiger partial charge in [0.2, 0.25) is 0 Å². The molecule has 0 aliphatic rings. The number of nitrogens with zero attached hydrogens (tertiary/aromatic N) is 5. The van der Waals surface area contributed by atoms with Crippen molar-refractivity contribution in [2.45, 2.75) is 20.0 Å². The molecule has 0 spiro atoms. The van der Waals surface area contributed by atoms with Gasteiger partial charge in [0.05, 0.1) is 23.5 Å². The van der Waals surface area contributed by atoms with Crippen molar-refractivity contribution in [2.75, 3.05) is 0 Å². The van der Waals surface area contributed by atoms with Gasteiger partial charge in [-0.1, -0.05) is 36.4 Å². The molecule has 0 saturated heterocycles. The van der Waals surface area contributed by atoms with E-state index in [-0.39, 0.29) is 5.91 Å². The fourth-order valence-electron chi connectivity index (χ4n) is 3.23. The second kappa shape index (κ2) is 9.05. The van der Waals surface area contributed by atoms with Crippen molar-refractivity contribution < 1.29 is 4.79 Å². The molecule has 1 amide bonds. The van der Waals surface area contributed by atoms with Crippen LogP contribution in [0.15, 0.2) is 85.5 Å². The highest BCUT2D eigenvalue weighted by atomic mass is 16.2. The molecular weight excluding hydrogens is 374 g/mol. The highest BCUT2D eigenvalue weighted by molar-refractivity contribution is 5.93. The van der Waals surface area contributed by atoms with Crippen LogP contribution in [-0.4, -0.2) is 30.7 Å². The summed E-state index contributed by atoms with van der Waals surface area (Å²) < 4.78 is 0. The zero-order valence-corrected chi connectivity index (χ0v) is 16.6. The van der Waals surface area contributed by atoms with E-state index in [1.807, 2.05) is 55.5 Å². The highest BCUT2D eigenvalue weighted by Crippen LogP contribution is 2.22. The fraction of sp³-hybridized carbons (Fsp3) is 0.125. The molecule has 0 aliphatic carbocycles. The largest absolute Gasteiger partial charge is 0.328 e. The molecule has 0 bridgehead atoms. The number of amides is 1. The number of benzene rings is 1. The maximum atomic E-state index is 13.3. The van der Waals surface area contributed by atoms with Crippen LogP contribution in [0.5, 0.6) is 0 Å². The monoisotopic (exact) mass is 395 g/mol. The summed E-state index contributed by atoms with van der Waals surface area (Å²) in [5, 5.41) is 0. The molecule has 1 aromatic carbocycles. The Hall–Kier alpha value is -3.93. The molecule has 0 atom stereocenters. The maximum Gasteiger partial charge on any atom is 0.256 e. The smallest absolute Gasteiger partial charge is 0.256 e. The van der Waals surface area contributed by atoms with Crippen LogP contribution in [0.2, 0.25) is 0 Å². The lowest BCUT2D eigenvalue weighted by molar-refractivity contribution is 0.0727. The molecule has 3 heterocycles. The van der Waals surface area contributed by atoms with Gasteiger partial charge in [-0.05, 0) is 36.8 Å². The van der Waals surface area contributed by atoms with Gasteiger partial charge in [0.1, 0.15) is 5.82 Å². The Bertz CT molecular complexity index is 1120. The summed E-state index contributed by atoms with van der Waals surface area (Å²) in [6.07, 6.45) is 6.76. The fourth-order valence-corrected chi connectivity index (χ4v) is 3.23. The van der Waals surface area contributed by atoms with E-state index in [0.717, 1.165) is 22.5 Å². The summed E-state index contributed by atoms with van der Waals surface area (Å²) >= 11 is 0. The second-order valence-electron chi connectivity index (χ2n) is 6.88. The lowest BCUT2D eigenvalue weighted by atomic mass is 10.1. The van der Waals surface area contributed by atoms with Crippen LogP contribution in [-0.2, 0) is 13.1 Å². The first kappa shape index (κ1) is 19.4. The van der Waals surface area contributed by atoms with Gasteiger partial charge in [-0.15, -0.1) is 0 Å². The SMILES string of the molecule is Cc1ncc(-c2ccccn2)c(CN(Cc2ccccc2)C(=O)c2cccnc2)n1. The van der Waals surface area contributed by atoms with E-state index < -0.39 is 0 Å². The van der Waals surface area contributed by atoms with Gasteiger partial charge in [-0.2, -0.15) is 0 Å². The minimum absolute atomic E-state index is 0.102. The van der Waals surface area contributed by atoms with Crippen LogP contribution < -0.4 is 0 Å². The van der Waals surface area contributed by atoms with Crippen molar-refractivity contribution in [1.29, 1.82) is 0 Å². The number of aryl methyl sites for hydroxylation is 1. The first-order valence-corrected chi connectivity index (χ1v) is 9.68. The van der Waals surface area contributed by atoms with E-state index in [4.69, 9.17) is 0 Å². The van der Waals surface area contributed by atoms with Gasteiger partial charge < -0.3 is 4.90 Å². The predicted molar refractivity (Wildman–Crippen MR) is 114 cm³/mol. The molecule has 0 radical (unpaired) electrons. The van der Waals surface area contributed by atoms with E-state index in [0.29, 0.717) is 24.5 Å². The van der Waals surface area contributed by atoms with Crippen molar-refractivity contribution in [1.82, 2.24) is 24.8 Å². The Morgan fingerprint density at radius 2 is 1.70 bits per heavy atom. The lowest BCUT2D eigenvalue weighted by Crippen LogP contribution is -2.31. The van der Waals surface area contributed by atoms with Crippen molar-refractivity contribution >= 4 is 5.91 Å². The molecule has 30 heavy (non-hydrogen) atoms. The first-order valence-electron chi connectivity index (χ1n) is 9.68. The van der Waals surface area contributed by atoms with Crippen LogP contribution in [0.1, 0.15) is 27.4 Å². The standard InChI is InChI=1S/C24H21N5O/c1-18-27-15-21(22-11-5-6-13-26-22)23(28-18)17-29(16-19-8-3-2-4-9-19)24(30)20-10-7-12-25-14-20/h2-15H,16-17H2,1H3. The Kier molecular flexibility index (Phi) is 5.85. The Balaban J connectivity index is 1.72. The summed E-state index contributed by atoms with van der Waals surface area (Å²) in [6.45, 7) is 2.63. The summed E-state index contributed by atoms with van der Waals surface area (Å²) in [7, 11) is 0. The average Bonchev–Trinajstić information content (AvgIpc) is 2.80. The number of hydrogen-bond donors (Lipinski definition) is 0. The zero-order valence-electron chi connectivity index (χ0n) is 16.6. The summed E-state index contributed by atoms with van der Waals surface area (Å²) in [5.41, 5.74) is 3.94. The third-order valence-electron chi connectivity index (χ3n) is 4.68. The first-order chi connectivity index (χ1) is 14.7. The highest BCUT2D eigenvalue weighted by Gasteiger charge is 2.20. The molecule has 4 rings (SSSR count). The zero-order chi connectivity index (χ0) is 20.8. The van der Waals surface area contributed by atoms with Crippen LogP contribution >= 0.6 is 0 Å². The Labute approximate surface area is 175 Å². The van der Waals surface area contributed by atoms with Crippen molar-refractivity contribution in [3.63, 3.8) is 0 Å². The van der Waals surface area contributed by atoms with E-state index in [1.165, 1.54) is 0 Å². The minimum Gasteiger partial charge on any atom is -0.328 e. The summed E-state index contributed by atoms with van der Waals surface area (Å²) in [6, 6.07) is 19.2. The molecule has 0 saturated carbocycles. The second-order valence-corrected chi connectivity index (χ2v) is 6.88. The van der Waals surface area contributed by atoms with Crippen molar-refractivity contribution in [3.8, 4) is 11.3 Å². The van der Waals surface area contributed by atoms with E-state index in [1.54, 1.807) is 41.8 Å². The van der Waals surface area contributed by atoms with Gasteiger partial charge in [-0.3, -0.25) is 14.8 Å². The summed E-state index contributed by atoms with van der Waals surface area (Å²) in [4.78, 5) is 32.6. The van der Waals surface area contributed by atoms with Gasteiger partial charge in [0, 0.05) is 36.9 Å². The van der Waals surface area contributed by atoms with E-state index >= 15 is 0 Å². The molecular formula is C24H21N5O. The average molecular weight is 395 g/mol. The quantitative estimate of drug-likeness (QED) is 0.492. The molecule has 0 unspecified atom stereocenters. The van der Waals surface area contributed by atoms with Gasteiger partial charge in [0.25, 0.3) is 5.91 Å². The minimum atomic E-state index is -0.102. The van der Waals surface area contributed by atoms with Gasteiger partial charge in [0.15, 0.2) is 0 Å². The van der Waals surface area contributed by atoms with Crippen LogP contribution in [0.25, 0.3) is 11.3 Å². The molecule has 148 valence electrons. The Morgan fingerprint density at radius 1 is 0.867 bits per heavy atom. The van der Waals surface area contributed by atoms with E-state index in [2.05, 4.69) is 19.9 Å². The molecule has 0 N–H and O–H groups in total. The summed E-state index contributed by atoms with van der Waals surface area (Å²) in [5.74, 6) is 0.549. The van der Waals surface area contributed by atoms with Crippen molar-refractivity contribution in [2.24, 2.45) is 0 Å². The van der Waals surface area contributed by atoms with Crippen LogP contribution in [0, 0.1) is 6.92 Å². The molecule has 4 aromatic rings. The van der Waals surface area contributed by atoms with Gasteiger partial charge >= 0.3 is 0 Å². The third kappa shape index (κ3) is 4.55. The van der Waals surface area contributed by atoms with Gasteiger partial charge in [-0.25, -0.2) is 9.97 Å². The predicted octanol–water partition coefficient (Wildman–Crippen LogP) is 4.08. The number of carbonyl (C=O) groups is 1. The van der Waals surface area contributed by atoms with Crippen molar-refractivity contribution in [3.05, 3.63) is 108 Å². The normalized spacial score (nSPS) is 10.6. The molecule has 6 heteroatoms. The number of aromatic nitrogens is 4. The number of rotatable bonds is 6. The number of carbonyl (C=O) groups excluding carboxylic acids is 1. The number of pyridine rings is 2. The molecule has 3 aromatic heterocycles. The molecule has 0 fully saturated rings. The van der Waals surface area contributed by atoms with Crippen LogP contribution in [0.3, 0.4) is 0 Å². The topological polar surface area (TPSA) is 71.9 Å². The maximum absolute atomic E-state index is 13.3. The van der Waals surface area contributed by atoms with E-state index in [9.17, 15) is 4.79 Å². The third-order valence-corrected chi connectivity index (χ3v) is 4.68. The molecule has 6 nitrogen and oxygen atoms in total. The van der Waals surface area contributed by atoms with Crippen LogP contribution in [0.4, 0.5) is 0 Å². The molecule has 0 aliphatic heterocycles. The Morgan fingerprint density at radius 3 is 2.43 bits per heavy atom. The number of hydrogen-bond acceptors (Lipinski definition) is 5.